The van der Waals surface area contributed by atoms with Crippen LogP contribution in [0.1, 0.15) is 19.3 Å². The van der Waals surface area contributed by atoms with E-state index in [1.54, 1.807) is 6.26 Å². The smallest absolute Gasteiger partial charge is 0.0619 e. The molecule has 1 aliphatic heterocycles. The van der Waals surface area contributed by atoms with Gasteiger partial charge in [-0.15, -0.1) is 0 Å². The molecule has 1 fully saturated rings. The van der Waals surface area contributed by atoms with Crippen molar-refractivity contribution in [2.75, 3.05) is 31.8 Å². The van der Waals surface area contributed by atoms with Crippen LogP contribution in [-0.4, -0.2) is 42.0 Å². The van der Waals surface area contributed by atoms with Crippen molar-refractivity contribution in [3.63, 3.8) is 0 Å². The van der Waals surface area contributed by atoms with Gasteiger partial charge in [0.25, 0.3) is 0 Å². The van der Waals surface area contributed by atoms with Crippen LogP contribution >= 0.6 is 0 Å². The average Bonchev–Trinajstić information content (AvgIpc) is 2.14. The minimum absolute atomic E-state index is 0.527. The van der Waals surface area contributed by atoms with Crippen molar-refractivity contribution < 1.29 is 8.95 Å². The minimum atomic E-state index is -0.643. The van der Waals surface area contributed by atoms with Crippen molar-refractivity contribution >= 4 is 10.8 Å². The van der Waals surface area contributed by atoms with E-state index >= 15 is 0 Å². The van der Waals surface area contributed by atoms with Crippen LogP contribution in [0.2, 0.25) is 0 Å². The summed E-state index contributed by atoms with van der Waals surface area (Å²) in [4.78, 5) is 0. The maximum atomic E-state index is 10.8. The number of rotatable bonds is 5. The lowest BCUT2D eigenvalue weighted by molar-refractivity contribution is 0.0706. The van der Waals surface area contributed by atoms with Gasteiger partial charge in [-0.05, 0) is 25.8 Å². The first-order chi connectivity index (χ1) is 6.29. The van der Waals surface area contributed by atoms with E-state index in [4.69, 9.17) is 4.74 Å². The van der Waals surface area contributed by atoms with E-state index in [0.29, 0.717) is 6.04 Å². The van der Waals surface area contributed by atoms with Gasteiger partial charge < -0.3 is 10.1 Å². The van der Waals surface area contributed by atoms with E-state index in [-0.39, 0.29) is 0 Å². The van der Waals surface area contributed by atoms with Crippen LogP contribution in [0, 0.1) is 0 Å². The molecule has 1 N–H and O–H groups in total. The minimum Gasteiger partial charge on any atom is -0.380 e. The molecule has 0 amide bonds. The molecule has 0 aliphatic carbocycles. The van der Waals surface area contributed by atoms with Crippen LogP contribution in [0.5, 0.6) is 0 Å². The largest absolute Gasteiger partial charge is 0.380 e. The molecule has 1 aliphatic rings. The van der Waals surface area contributed by atoms with Gasteiger partial charge in [0.05, 0.1) is 6.61 Å². The highest BCUT2D eigenvalue weighted by molar-refractivity contribution is 7.84. The molecule has 13 heavy (non-hydrogen) atoms. The van der Waals surface area contributed by atoms with Gasteiger partial charge in [-0.1, -0.05) is 0 Å². The molecule has 3 nitrogen and oxygen atoms in total. The molecule has 0 saturated carbocycles. The Hall–Kier alpha value is 0.0700. The summed E-state index contributed by atoms with van der Waals surface area (Å²) in [5, 5.41) is 3.42. The second-order valence-electron chi connectivity index (χ2n) is 3.50. The van der Waals surface area contributed by atoms with Crippen molar-refractivity contribution in [2.45, 2.75) is 25.3 Å². The van der Waals surface area contributed by atoms with Crippen LogP contribution in [0.3, 0.4) is 0 Å². The molecule has 1 heterocycles. The van der Waals surface area contributed by atoms with Crippen molar-refractivity contribution in [1.82, 2.24) is 5.32 Å². The third-order valence-corrected chi connectivity index (χ3v) is 3.07. The number of nitrogens with one attached hydrogen (secondary N) is 1. The van der Waals surface area contributed by atoms with E-state index in [1.165, 1.54) is 6.42 Å². The fraction of sp³-hybridized carbons (Fsp3) is 1.00. The predicted molar refractivity (Wildman–Crippen MR) is 55.4 cm³/mol. The second-order valence-corrected chi connectivity index (χ2v) is 5.05. The Labute approximate surface area is 82.7 Å². The van der Waals surface area contributed by atoms with Crippen LogP contribution in [0.25, 0.3) is 0 Å². The van der Waals surface area contributed by atoms with E-state index in [2.05, 4.69) is 5.32 Å². The zero-order valence-electron chi connectivity index (χ0n) is 8.25. The Bertz CT molecular complexity index is 158. The first-order valence-corrected chi connectivity index (χ1v) is 6.63. The van der Waals surface area contributed by atoms with E-state index < -0.39 is 10.8 Å². The molecule has 1 rings (SSSR count). The van der Waals surface area contributed by atoms with Crippen molar-refractivity contribution in [1.29, 1.82) is 0 Å². The van der Waals surface area contributed by atoms with Gasteiger partial charge in [0.15, 0.2) is 0 Å². The van der Waals surface area contributed by atoms with Gasteiger partial charge >= 0.3 is 0 Å². The van der Waals surface area contributed by atoms with Crippen molar-refractivity contribution in [3.8, 4) is 0 Å². The van der Waals surface area contributed by atoms with Gasteiger partial charge in [0.2, 0.25) is 0 Å². The van der Waals surface area contributed by atoms with Crippen LogP contribution < -0.4 is 5.32 Å². The third-order valence-electron chi connectivity index (χ3n) is 2.20. The topological polar surface area (TPSA) is 38.3 Å². The zero-order chi connectivity index (χ0) is 9.52. The van der Waals surface area contributed by atoms with Crippen LogP contribution in [0.4, 0.5) is 0 Å². The van der Waals surface area contributed by atoms with E-state index in [0.717, 1.165) is 38.4 Å². The van der Waals surface area contributed by atoms with Crippen molar-refractivity contribution in [3.05, 3.63) is 0 Å². The number of hydrogen-bond donors (Lipinski definition) is 1. The van der Waals surface area contributed by atoms with Crippen molar-refractivity contribution in [2.24, 2.45) is 0 Å². The zero-order valence-corrected chi connectivity index (χ0v) is 9.07. The standard InChI is InChI=1S/C9H19NO2S/c1-13(11)7-3-5-10-9-4-2-6-12-8-9/h9-10H,2-8H2,1H3. The normalized spacial score (nSPS) is 25.8. The summed E-state index contributed by atoms with van der Waals surface area (Å²) < 4.78 is 16.1. The molecular formula is C9H19NO2S. The predicted octanol–water partition coefficient (Wildman–Crippen LogP) is 0.524. The number of hydrogen-bond acceptors (Lipinski definition) is 3. The summed E-state index contributed by atoms with van der Waals surface area (Å²) >= 11 is 0. The molecular weight excluding hydrogens is 186 g/mol. The molecule has 0 bridgehead atoms. The second kappa shape index (κ2) is 6.51. The highest BCUT2D eigenvalue weighted by atomic mass is 32.2. The number of ether oxygens (including phenoxy) is 1. The summed E-state index contributed by atoms with van der Waals surface area (Å²) in [7, 11) is -0.643. The van der Waals surface area contributed by atoms with Gasteiger partial charge in [0.1, 0.15) is 0 Å². The Balaban J connectivity index is 1.95. The summed E-state index contributed by atoms with van der Waals surface area (Å²) in [5.74, 6) is 0.806. The molecule has 0 spiro atoms. The Kier molecular flexibility index (Phi) is 5.58. The molecule has 1 saturated heterocycles. The van der Waals surface area contributed by atoms with Gasteiger partial charge in [0, 0.05) is 35.5 Å². The first-order valence-electron chi connectivity index (χ1n) is 4.90. The quantitative estimate of drug-likeness (QED) is 0.665. The first kappa shape index (κ1) is 11.1. The summed E-state index contributed by atoms with van der Waals surface area (Å²) in [6.07, 6.45) is 5.13. The monoisotopic (exact) mass is 205 g/mol. The maximum absolute atomic E-state index is 10.8. The average molecular weight is 205 g/mol. The van der Waals surface area contributed by atoms with E-state index in [9.17, 15) is 4.21 Å². The SMILES string of the molecule is CS(=O)CCCNC1CCCOC1. The fourth-order valence-corrected chi connectivity index (χ4v) is 2.03. The molecule has 0 aromatic heterocycles. The van der Waals surface area contributed by atoms with Crippen LogP contribution in [-0.2, 0) is 15.5 Å². The molecule has 2 unspecified atom stereocenters. The summed E-state index contributed by atoms with van der Waals surface area (Å²) in [6.45, 7) is 2.72. The molecule has 78 valence electrons. The van der Waals surface area contributed by atoms with Gasteiger partial charge in [-0.25, -0.2) is 0 Å². The van der Waals surface area contributed by atoms with Gasteiger partial charge in [-0.2, -0.15) is 0 Å². The Morgan fingerprint density at radius 2 is 2.46 bits per heavy atom. The lowest BCUT2D eigenvalue weighted by Gasteiger charge is -2.23. The lowest BCUT2D eigenvalue weighted by atomic mass is 10.1. The Morgan fingerprint density at radius 3 is 3.08 bits per heavy atom. The highest BCUT2D eigenvalue weighted by Crippen LogP contribution is 2.05. The van der Waals surface area contributed by atoms with E-state index in [1.807, 2.05) is 0 Å². The summed E-state index contributed by atoms with van der Waals surface area (Å²) in [6, 6.07) is 0.527. The Morgan fingerprint density at radius 1 is 1.62 bits per heavy atom. The maximum Gasteiger partial charge on any atom is 0.0619 e. The third kappa shape index (κ3) is 5.39. The fourth-order valence-electron chi connectivity index (χ4n) is 1.48. The summed E-state index contributed by atoms with van der Waals surface area (Å²) in [5.41, 5.74) is 0. The molecule has 0 aromatic rings. The molecule has 2 atom stereocenters. The van der Waals surface area contributed by atoms with Crippen LogP contribution in [0.15, 0.2) is 0 Å². The molecule has 4 heteroatoms. The molecule has 0 aromatic carbocycles. The molecule has 0 radical (unpaired) electrons. The van der Waals surface area contributed by atoms with Gasteiger partial charge in [-0.3, -0.25) is 4.21 Å². The lowest BCUT2D eigenvalue weighted by Crippen LogP contribution is -2.37. The highest BCUT2D eigenvalue weighted by Gasteiger charge is 2.11.